The summed E-state index contributed by atoms with van der Waals surface area (Å²) in [4.78, 5) is 25.4. The molecule has 0 aliphatic heterocycles. The summed E-state index contributed by atoms with van der Waals surface area (Å²) in [6, 6.07) is 19.7. The number of aryl methyl sites for hydroxylation is 1. The summed E-state index contributed by atoms with van der Waals surface area (Å²) < 4.78 is 6.81. The molecule has 2 aromatic carbocycles. The van der Waals surface area contributed by atoms with Crippen molar-refractivity contribution in [1.82, 2.24) is 15.0 Å². The highest BCUT2D eigenvalue weighted by molar-refractivity contribution is 9.10. The molecule has 32 heavy (non-hydrogen) atoms. The van der Waals surface area contributed by atoms with Crippen LogP contribution in [0.5, 0.6) is 11.6 Å². The van der Waals surface area contributed by atoms with Gasteiger partial charge in [-0.15, -0.1) is 0 Å². The largest absolute Gasteiger partial charge is 0.438 e. The van der Waals surface area contributed by atoms with Crippen LogP contribution in [0.2, 0.25) is 0 Å². The lowest BCUT2D eigenvalue weighted by Gasteiger charge is -2.11. The number of carbonyl (C=O) groups is 1. The van der Waals surface area contributed by atoms with Crippen molar-refractivity contribution in [3.8, 4) is 22.9 Å². The van der Waals surface area contributed by atoms with E-state index < -0.39 is 0 Å². The molecule has 4 rings (SSSR count). The third-order valence-corrected chi connectivity index (χ3v) is 5.21. The highest BCUT2D eigenvalue weighted by Crippen LogP contribution is 2.30. The van der Waals surface area contributed by atoms with Crippen LogP contribution in [0, 0.1) is 0 Å². The molecule has 2 aromatic heterocycles. The van der Waals surface area contributed by atoms with Crippen molar-refractivity contribution in [3.05, 3.63) is 89.4 Å². The molecule has 0 aliphatic rings. The molecule has 0 aliphatic carbocycles. The summed E-state index contributed by atoms with van der Waals surface area (Å²) in [6.45, 7) is 2.01. The molecule has 4 aromatic rings. The van der Waals surface area contributed by atoms with Gasteiger partial charge >= 0.3 is 6.03 Å². The van der Waals surface area contributed by atoms with E-state index in [0.29, 0.717) is 23.0 Å². The second kappa shape index (κ2) is 10.0. The Bertz CT molecular complexity index is 1230. The predicted molar refractivity (Wildman–Crippen MR) is 128 cm³/mol. The van der Waals surface area contributed by atoms with Gasteiger partial charge in [0.05, 0.1) is 16.9 Å². The maximum Gasteiger partial charge on any atom is 0.323 e. The van der Waals surface area contributed by atoms with E-state index in [-0.39, 0.29) is 6.03 Å². The zero-order valence-electron chi connectivity index (χ0n) is 17.2. The predicted octanol–water partition coefficient (Wildman–Crippen LogP) is 6.30. The van der Waals surface area contributed by atoms with E-state index in [0.717, 1.165) is 28.0 Å². The number of aromatic nitrogens is 3. The van der Waals surface area contributed by atoms with Crippen LogP contribution in [0.15, 0.2) is 83.6 Å². The minimum Gasteiger partial charge on any atom is -0.438 e. The molecule has 0 unspecified atom stereocenters. The fraction of sp³-hybridized carbons (Fsp3) is 0.0833. The Morgan fingerprint density at radius 3 is 2.53 bits per heavy atom. The van der Waals surface area contributed by atoms with Crippen molar-refractivity contribution in [2.24, 2.45) is 0 Å². The van der Waals surface area contributed by atoms with Gasteiger partial charge in [-0.3, -0.25) is 0 Å². The van der Waals surface area contributed by atoms with Crippen molar-refractivity contribution in [1.29, 1.82) is 0 Å². The standard InChI is InChI=1S/C24H20BrN5O2/c1-2-22-26-15-13-20(29-22)18-6-5-14-27-23(18)32-17-11-9-16(10-12-17)28-24(31)30-21-8-4-3-7-19(21)25/h3-15H,2H2,1H3,(H2,28,30,31). The van der Waals surface area contributed by atoms with Crippen LogP contribution in [-0.4, -0.2) is 21.0 Å². The minimum absolute atomic E-state index is 0.340. The van der Waals surface area contributed by atoms with Gasteiger partial charge in [0.15, 0.2) is 0 Å². The Hall–Kier alpha value is -3.78. The van der Waals surface area contributed by atoms with E-state index in [1.54, 1.807) is 36.7 Å². The van der Waals surface area contributed by atoms with Crippen LogP contribution in [0.3, 0.4) is 0 Å². The molecule has 2 heterocycles. The average Bonchev–Trinajstić information content (AvgIpc) is 2.82. The van der Waals surface area contributed by atoms with Crippen molar-refractivity contribution >= 4 is 33.3 Å². The van der Waals surface area contributed by atoms with Crippen LogP contribution in [0.4, 0.5) is 16.2 Å². The summed E-state index contributed by atoms with van der Waals surface area (Å²) in [5.41, 5.74) is 2.84. The Kier molecular flexibility index (Phi) is 6.72. The molecule has 0 bridgehead atoms. The number of ether oxygens (including phenoxy) is 1. The van der Waals surface area contributed by atoms with Crippen molar-refractivity contribution in [3.63, 3.8) is 0 Å². The lowest BCUT2D eigenvalue weighted by Crippen LogP contribution is -2.19. The number of para-hydroxylation sites is 1. The number of rotatable bonds is 6. The van der Waals surface area contributed by atoms with Gasteiger partial charge in [0, 0.05) is 29.0 Å². The zero-order valence-corrected chi connectivity index (χ0v) is 18.8. The van der Waals surface area contributed by atoms with Gasteiger partial charge in [-0.25, -0.2) is 19.7 Å². The molecule has 0 saturated heterocycles. The van der Waals surface area contributed by atoms with Crippen molar-refractivity contribution in [2.45, 2.75) is 13.3 Å². The lowest BCUT2D eigenvalue weighted by molar-refractivity contribution is 0.262. The molecular weight excluding hydrogens is 470 g/mol. The minimum atomic E-state index is -0.340. The number of pyridine rings is 1. The van der Waals surface area contributed by atoms with Gasteiger partial charge in [-0.2, -0.15) is 0 Å². The number of hydrogen-bond acceptors (Lipinski definition) is 5. The van der Waals surface area contributed by atoms with E-state index in [9.17, 15) is 4.79 Å². The van der Waals surface area contributed by atoms with Gasteiger partial charge in [0.2, 0.25) is 5.88 Å². The quantitative estimate of drug-likeness (QED) is 0.331. The molecular formula is C24H20BrN5O2. The van der Waals surface area contributed by atoms with Gasteiger partial charge < -0.3 is 15.4 Å². The summed E-state index contributed by atoms with van der Waals surface area (Å²) in [5, 5.41) is 5.60. The summed E-state index contributed by atoms with van der Waals surface area (Å²) in [5.74, 6) is 1.79. The number of amides is 2. The summed E-state index contributed by atoms with van der Waals surface area (Å²) in [7, 11) is 0. The van der Waals surface area contributed by atoms with E-state index in [1.807, 2.05) is 49.4 Å². The van der Waals surface area contributed by atoms with E-state index in [2.05, 4.69) is 41.5 Å². The van der Waals surface area contributed by atoms with Gasteiger partial charge in [0.1, 0.15) is 11.6 Å². The first-order valence-electron chi connectivity index (χ1n) is 10.00. The molecule has 0 atom stereocenters. The molecule has 0 spiro atoms. The number of hydrogen-bond donors (Lipinski definition) is 2. The second-order valence-electron chi connectivity index (χ2n) is 6.75. The first kappa shape index (κ1) is 21.5. The maximum atomic E-state index is 12.3. The van der Waals surface area contributed by atoms with Gasteiger partial charge in [0.25, 0.3) is 0 Å². The highest BCUT2D eigenvalue weighted by Gasteiger charge is 2.11. The molecule has 0 saturated carbocycles. The summed E-state index contributed by atoms with van der Waals surface area (Å²) >= 11 is 3.41. The van der Waals surface area contributed by atoms with Crippen LogP contribution < -0.4 is 15.4 Å². The van der Waals surface area contributed by atoms with Crippen LogP contribution in [0.1, 0.15) is 12.7 Å². The summed E-state index contributed by atoms with van der Waals surface area (Å²) in [6.07, 6.45) is 4.15. The van der Waals surface area contributed by atoms with Crippen LogP contribution >= 0.6 is 15.9 Å². The first-order valence-corrected chi connectivity index (χ1v) is 10.8. The second-order valence-corrected chi connectivity index (χ2v) is 7.61. The van der Waals surface area contributed by atoms with Gasteiger partial charge in [-0.1, -0.05) is 19.1 Å². The third kappa shape index (κ3) is 5.28. The average molecular weight is 490 g/mol. The van der Waals surface area contributed by atoms with Gasteiger partial charge in [-0.05, 0) is 70.5 Å². The lowest BCUT2D eigenvalue weighted by atomic mass is 10.2. The smallest absolute Gasteiger partial charge is 0.323 e. The number of benzene rings is 2. The van der Waals surface area contributed by atoms with Crippen LogP contribution in [0.25, 0.3) is 11.3 Å². The Balaban J connectivity index is 1.45. The fourth-order valence-electron chi connectivity index (χ4n) is 2.95. The van der Waals surface area contributed by atoms with E-state index >= 15 is 0 Å². The van der Waals surface area contributed by atoms with Crippen molar-refractivity contribution in [2.75, 3.05) is 10.6 Å². The molecule has 0 fully saturated rings. The SMILES string of the molecule is CCc1nccc(-c2cccnc2Oc2ccc(NC(=O)Nc3ccccc3Br)cc2)n1. The molecule has 2 amide bonds. The number of anilines is 2. The first-order chi connectivity index (χ1) is 15.6. The number of halogens is 1. The number of nitrogens with zero attached hydrogens (tertiary/aromatic N) is 3. The monoisotopic (exact) mass is 489 g/mol. The number of urea groups is 1. The zero-order chi connectivity index (χ0) is 22.3. The topological polar surface area (TPSA) is 89.0 Å². The Morgan fingerprint density at radius 2 is 1.75 bits per heavy atom. The maximum absolute atomic E-state index is 12.3. The molecule has 0 radical (unpaired) electrons. The highest BCUT2D eigenvalue weighted by atomic mass is 79.9. The molecule has 8 heteroatoms. The number of carbonyl (C=O) groups excluding carboxylic acids is 1. The van der Waals surface area contributed by atoms with Crippen LogP contribution in [-0.2, 0) is 6.42 Å². The molecule has 2 N–H and O–H groups in total. The van der Waals surface area contributed by atoms with Crippen molar-refractivity contribution < 1.29 is 9.53 Å². The van der Waals surface area contributed by atoms with E-state index in [4.69, 9.17) is 4.74 Å². The van der Waals surface area contributed by atoms with E-state index in [1.165, 1.54) is 0 Å². The fourth-order valence-corrected chi connectivity index (χ4v) is 3.34. The number of nitrogens with one attached hydrogen (secondary N) is 2. The molecule has 7 nitrogen and oxygen atoms in total. The Labute approximate surface area is 194 Å². The Morgan fingerprint density at radius 1 is 0.938 bits per heavy atom. The normalized spacial score (nSPS) is 10.4. The molecule has 160 valence electrons. The third-order valence-electron chi connectivity index (χ3n) is 4.52.